The molecule has 0 saturated carbocycles. The Labute approximate surface area is 137 Å². The van der Waals surface area contributed by atoms with E-state index in [1.54, 1.807) is 0 Å². The molecule has 1 aromatic carbocycles. The topological polar surface area (TPSA) is 47.6 Å². The number of carbonyl (C=O) groups is 1. The lowest BCUT2D eigenvalue weighted by atomic mass is 10.1. The number of nitrogens with one attached hydrogen (secondary N) is 2. The number of hydrogen-bond acceptors (Lipinski definition) is 3. The van der Waals surface area contributed by atoms with Crippen molar-refractivity contribution < 1.29 is 4.79 Å². The van der Waals surface area contributed by atoms with Crippen molar-refractivity contribution in [2.45, 2.75) is 39.8 Å². The van der Waals surface area contributed by atoms with Crippen LogP contribution in [-0.4, -0.2) is 34.7 Å². The molecule has 6 heteroatoms. The number of aryl methyl sites for hydroxylation is 1. The SMILES string of the molecule is CCN(CC)C(=O)CC1(C)NC(=S)N(c2ccc(C)cc2)N1. The average molecular weight is 320 g/mol. The van der Waals surface area contributed by atoms with Crippen molar-refractivity contribution in [1.29, 1.82) is 0 Å². The van der Waals surface area contributed by atoms with Gasteiger partial charge in [0.05, 0.1) is 12.1 Å². The molecule has 1 aliphatic rings. The van der Waals surface area contributed by atoms with Gasteiger partial charge in [0, 0.05) is 13.1 Å². The molecule has 1 heterocycles. The third-order valence-electron chi connectivity index (χ3n) is 3.86. The Morgan fingerprint density at radius 3 is 2.41 bits per heavy atom. The summed E-state index contributed by atoms with van der Waals surface area (Å²) in [5.74, 6) is 0.112. The van der Waals surface area contributed by atoms with E-state index in [2.05, 4.69) is 10.7 Å². The first kappa shape index (κ1) is 16.7. The fraction of sp³-hybridized carbons (Fsp3) is 0.500. The van der Waals surface area contributed by atoms with Gasteiger partial charge in [0.1, 0.15) is 5.66 Å². The Kier molecular flexibility index (Phi) is 5.03. The predicted molar refractivity (Wildman–Crippen MR) is 93.5 cm³/mol. The molecule has 0 aromatic heterocycles. The molecule has 0 aliphatic carbocycles. The zero-order chi connectivity index (χ0) is 16.3. The fourth-order valence-corrected chi connectivity index (χ4v) is 2.94. The van der Waals surface area contributed by atoms with Crippen LogP contribution in [0.5, 0.6) is 0 Å². The Balaban J connectivity index is 2.10. The second-order valence-electron chi connectivity index (χ2n) is 5.79. The summed E-state index contributed by atoms with van der Waals surface area (Å²) in [6, 6.07) is 8.09. The van der Waals surface area contributed by atoms with E-state index in [4.69, 9.17) is 12.2 Å². The van der Waals surface area contributed by atoms with Gasteiger partial charge in [0.2, 0.25) is 5.91 Å². The molecule has 22 heavy (non-hydrogen) atoms. The first-order valence-corrected chi connectivity index (χ1v) is 8.04. The molecule has 2 rings (SSSR count). The largest absolute Gasteiger partial charge is 0.343 e. The van der Waals surface area contributed by atoms with Crippen molar-refractivity contribution in [3.63, 3.8) is 0 Å². The van der Waals surface area contributed by atoms with Crippen LogP contribution in [0, 0.1) is 6.92 Å². The van der Waals surface area contributed by atoms with Crippen molar-refractivity contribution in [2.75, 3.05) is 18.1 Å². The molecule has 1 fully saturated rings. The van der Waals surface area contributed by atoms with Crippen LogP contribution in [0.25, 0.3) is 0 Å². The highest BCUT2D eigenvalue weighted by molar-refractivity contribution is 7.80. The number of hydrogen-bond donors (Lipinski definition) is 2. The van der Waals surface area contributed by atoms with E-state index in [1.165, 1.54) is 5.56 Å². The van der Waals surface area contributed by atoms with E-state index >= 15 is 0 Å². The van der Waals surface area contributed by atoms with Crippen molar-refractivity contribution in [3.05, 3.63) is 29.8 Å². The molecule has 120 valence electrons. The Bertz CT molecular complexity index is 556. The number of carbonyl (C=O) groups excluding carboxylic acids is 1. The minimum Gasteiger partial charge on any atom is -0.343 e. The molecule has 5 nitrogen and oxygen atoms in total. The van der Waals surface area contributed by atoms with Crippen molar-refractivity contribution in [2.24, 2.45) is 0 Å². The van der Waals surface area contributed by atoms with Gasteiger partial charge in [-0.15, -0.1) is 0 Å². The van der Waals surface area contributed by atoms with E-state index in [1.807, 2.05) is 61.9 Å². The summed E-state index contributed by atoms with van der Waals surface area (Å²) in [7, 11) is 0. The molecule has 1 aliphatic heterocycles. The number of thiocarbonyl (C=S) groups is 1. The lowest BCUT2D eigenvalue weighted by molar-refractivity contribution is -0.132. The van der Waals surface area contributed by atoms with Crippen LogP contribution in [0.15, 0.2) is 24.3 Å². The molecule has 2 N–H and O–H groups in total. The van der Waals surface area contributed by atoms with Gasteiger partial charge in [-0.3, -0.25) is 9.80 Å². The van der Waals surface area contributed by atoms with Gasteiger partial charge in [0.15, 0.2) is 5.11 Å². The highest BCUT2D eigenvalue weighted by atomic mass is 32.1. The number of nitrogens with zero attached hydrogens (tertiary/aromatic N) is 2. The number of hydrazine groups is 1. The Hall–Kier alpha value is -1.66. The first-order valence-electron chi connectivity index (χ1n) is 7.63. The van der Waals surface area contributed by atoms with Crippen molar-refractivity contribution in [3.8, 4) is 0 Å². The summed E-state index contributed by atoms with van der Waals surface area (Å²) < 4.78 is 0. The van der Waals surface area contributed by atoms with Crippen LogP contribution >= 0.6 is 12.2 Å². The normalized spacial score (nSPS) is 20.9. The molecule has 1 unspecified atom stereocenters. The van der Waals surface area contributed by atoms with E-state index in [0.29, 0.717) is 11.5 Å². The van der Waals surface area contributed by atoms with Crippen LogP contribution in [-0.2, 0) is 4.79 Å². The highest BCUT2D eigenvalue weighted by Crippen LogP contribution is 2.22. The number of anilines is 1. The van der Waals surface area contributed by atoms with E-state index in [9.17, 15) is 4.79 Å². The summed E-state index contributed by atoms with van der Waals surface area (Å²) in [6.07, 6.45) is 0.344. The zero-order valence-corrected chi connectivity index (χ0v) is 14.5. The maximum Gasteiger partial charge on any atom is 0.226 e. The van der Waals surface area contributed by atoms with Crippen molar-refractivity contribution >= 4 is 28.9 Å². The second-order valence-corrected chi connectivity index (χ2v) is 6.17. The Morgan fingerprint density at radius 2 is 1.86 bits per heavy atom. The summed E-state index contributed by atoms with van der Waals surface area (Å²) in [6.45, 7) is 9.42. The maximum atomic E-state index is 12.3. The first-order chi connectivity index (χ1) is 10.4. The van der Waals surface area contributed by atoms with Gasteiger partial charge in [0.25, 0.3) is 0 Å². The summed E-state index contributed by atoms with van der Waals surface area (Å²) >= 11 is 5.41. The lowest BCUT2D eigenvalue weighted by Gasteiger charge is -2.28. The van der Waals surface area contributed by atoms with Crippen LogP contribution in [0.1, 0.15) is 32.8 Å². The summed E-state index contributed by atoms with van der Waals surface area (Å²) in [4.78, 5) is 14.2. The van der Waals surface area contributed by atoms with Gasteiger partial charge < -0.3 is 10.2 Å². The molecule has 0 bridgehead atoms. The van der Waals surface area contributed by atoms with Gasteiger partial charge in [-0.1, -0.05) is 17.7 Å². The molecule has 1 amide bonds. The van der Waals surface area contributed by atoms with Gasteiger partial charge in [-0.2, -0.15) is 0 Å². The predicted octanol–water partition coefficient (Wildman–Crippen LogP) is 2.17. The molecule has 0 radical (unpaired) electrons. The minimum atomic E-state index is -0.568. The number of rotatable bonds is 5. The quantitative estimate of drug-likeness (QED) is 0.814. The molecule has 1 atom stereocenters. The standard InChI is InChI=1S/C16H24N4OS/c1-5-19(6-2)14(21)11-16(4)17-15(22)20(18-16)13-9-7-12(3)8-10-13/h7-10,18H,5-6,11H2,1-4H3,(H,17,22). The van der Waals surface area contributed by atoms with Crippen molar-refractivity contribution in [1.82, 2.24) is 15.6 Å². The molecule has 1 saturated heterocycles. The maximum absolute atomic E-state index is 12.3. The van der Waals surface area contributed by atoms with Crippen LogP contribution in [0.2, 0.25) is 0 Å². The summed E-state index contributed by atoms with van der Waals surface area (Å²) in [5, 5.41) is 5.63. The Morgan fingerprint density at radius 1 is 1.27 bits per heavy atom. The summed E-state index contributed by atoms with van der Waals surface area (Å²) in [5.41, 5.74) is 4.91. The monoisotopic (exact) mass is 320 g/mol. The van der Waals surface area contributed by atoms with E-state index in [0.717, 1.165) is 18.8 Å². The number of amides is 1. The van der Waals surface area contributed by atoms with Crippen LogP contribution in [0.3, 0.4) is 0 Å². The fourth-order valence-electron chi connectivity index (χ4n) is 2.57. The molecular weight excluding hydrogens is 296 g/mol. The van der Waals surface area contributed by atoms with E-state index < -0.39 is 5.66 Å². The zero-order valence-electron chi connectivity index (χ0n) is 13.6. The van der Waals surface area contributed by atoms with Gasteiger partial charge >= 0.3 is 0 Å². The van der Waals surface area contributed by atoms with Gasteiger partial charge in [-0.25, -0.2) is 5.43 Å². The van der Waals surface area contributed by atoms with Crippen LogP contribution < -0.4 is 15.8 Å². The molecule has 1 aromatic rings. The smallest absolute Gasteiger partial charge is 0.226 e. The molecule has 0 spiro atoms. The van der Waals surface area contributed by atoms with E-state index in [-0.39, 0.29) is 5.91 Å². The average Bonchev–Trinajstić information content (AvgIpc) is 2.76. The lowest BCUT2D eigenvalue weighted by Crippen LogP contribution is -2.52. The molecular formula is C16H24N4OS. The van der Waals surface area contributed by atoms with Crippen LogP contribution in [0.4, 0.5) is 5.69 Å². The highest BCUT2D eigenvalue weighted by Gasteiger charge is 2.39. The third-order valence-corrected chi connectivity index (χ3v) is 4.14. The number of benzene rings is 1. The minimum absolute atomic E-state index is 0.112. The van der Waals surface area contributed by atoms with Gasteiger partial charge in [-0.05, 0) is 52.0 Å². The second kappa shape index (κ2) is 6.62. The third kappa shape index (κ3) is 3.56.